The van der Waals surface area contributed by atoms with Crippen molar-refractivity contribution in [1.82, 2.24) is 20.5 Å². The molecule has 3 heterocycles. The van der Waals surface area contributed by atoms with E-state index in [-0.39, 0.29) is 23.2 Å². The first-order valence-electron chi connectivity index (χ1n) is 9.24. The summed E-state index contributed by atoms with van der Waals surface area (Å²) in [5.41, 5.74) is 2.02. The van der Waals surface area contributed by atoms with Crippen LogP contribution in [0.2, 0.25) is 0 Å². The quantitative estimate of drug-likeness (QED) is 0.719. The molecule has 0 bridgehead atoms. The van der Waals surface area contributed by atoms with Crippen LogP contribution in [0.5, 0.6) is 5.75 Å². The van der Waals surface area contributed by atoms with Crippen LogP contribution in [0, 0.1) is 6.92 Å². The molecule has 28 heavy (non-hydrogen) atoms. The highest BCUT2D eigenvalue weighted by Gasteiger charge is 2.35. The Balaban J connectivity index is 1.58. The molecule has 0 saturated carbocycles. The zero-order valence-corrected chi connectivity index (χ0v) is 16.4. The van der Waals surface area contributed by atoms with Gasteiger partial charge in [-0.3, -0.25) is 9.69 Å². The molecule has 8 nitrogen and oxygen atoms in total. The minimum atomic E-state index is -0.220. The molecule has 0 radical (unpaired) electrons. The number of oxazole rings is 1. The predicted molar refractivity (Wildman–Crippen MR) is 105 cm³/mol. The maximum Gasteiger partial charge on any atom is 0.245 e. The van der Waals surface area contributed by atoms with E-state index in [4.69, 9.17) is 4.42 Å². The Morgan fingerprint density at radius 1 is 1.25 bits per heavy atom. The van der Waals surface area contributed by atoms with Crippen LogP contribution in [0.15, 0.2) is 28.7 Å². The molecule has 1 fully saturated rings. The number of phenols is 1. The Labute approximate surface area is 162 Å². The average molecular weight is 381 g/mol. The van der Waals surface area contributed by atoms with Gasteiger partial charge in [0.1, 0.15) is 11.3 Å². The Kier molecular flexibility index (Phi) is 4.30. The van der Waals surface area contributed by atoms with Crippen molar-refractivity contribution in [2.45, 2.75) is 45.7 Å². The number of benzene rings is 1. The molecule has 146 valence electrons. The highest BCUT2D eigenvalue weighted by atomic mass is 16.3. The molecule has 1 atom stereocenters. The smallest absolute Gasteiger partial charge is 0.245 e. The summed E-state index contributed by atoms with van der Waals surface area (Å²) >= 11 is 0. The first kappa shape index (κ1) is 18.4. The van der Waals surface area contributed by atoms with Gasteiger partial charge >= 0.3 is 0 Å². The lowest BCUT2D eigenvalue weighted by atomic mass is 10.1. The number of aryl methyl sites for hydroxylation is 1. The van der Waals surface area contributed by atoms with Gasteiger partial charge in [0, 0.05) is 30.6 Å². The van der Waals surface area contributed by atoms with Gasteiger partial charge in [-0.2, -0.15) is 0 Å². The van der Waals surface area contributed by atoms with E-state index in [0.29, 0.717) is 40.6 Å². The lowest BCUT2D eigenvalue weighted by Gasteiger charge is -2.25. The number of fused-ring (bicyclic) bond motifs is 1. The van der Waals surface area contributed by atoms with Gasteiger partial charge in [-0.05, 0) is 45.4 Å². The van der Waals surface area contributed by atoms with Crippen LogP contribution in [-0.2, 0) is 4.79 Å². The first-order chi connectivity index (χ1) is 13.2. The average Bonchev–Trinajstić information content (AvgIpc) is 3.15. The highest BCUT2D eigenvalue weighted by Crippen LogP contribution is 2.33. The third kappa shape index (κ3) is 3.43. The van der Waals surface area contributed by atoms with Crippen LogP contribution in [0.3, 0.4) is 0 Å². The number of hydrogen-bond donors (Lipinski definition) is 2. The number of anilines is 1. The second kappa shape index (κ2) is 6.56. The third-order valence-corrected chi connectivity index (χ3v) is 4.63. The topological polar surface area (TPSA) is 104 Å². The maximum atomic E-state index is 12.7. The molecule has 1 aliphatic rings. The number of hydrogen-bond acceptors (Lipinski definition) is 7. The summed E-state index contributed by atoms with van der Waals surface area (Å²) in [6.07, 6.45) is 0.724. The Morgan fingerprint density at radius 2 is 2.04 bits per heavy atom. The van der Waals surface area contributed by atoms with E-state index in [9.17, 15) is 9.90 Å². The summed E-state index contributed by atoms with van der Waals surface area (Å²) in [5, 5.41) is 22.1. The van der Waals surface area contributed by atoms with Crippen LogP contribution in [0.1, 0.15) is 33.1 Å². The molecule has 3 aromatic rings. The number of rotatable bonds is 3. The minimum absolute atomic E-state index is 0.00150. The van der Waals surface area contributed by atoms with Gasteiger partial charge < -0.3 is 14.8 Å². The SMILES string of the molecule is Cc1nc2cc(O)c(-c3ccc(N4CCC(NC(C)(C)C)C4=O)nn3)cc2o1. The number of amides is 1. The van der Waals surface area contributed by atoms with Crippen LogP contribution in [-0.4, -0.2) is 44.3 Å². The number of phenolic OH excluding ortho intramolecular Hbond substituents is 1. The van der Waals surface area contributed by atoms with E-state index >= 15 is 0 Å². The van der Waals surface area contributed by atoms with E-state index in [1.807, 2.05) is 20.8 Å². The Morgan fingerprint density at radius 3 is 2.71 bits per heavy atom. The van der Waals surface area contributed by atoms with Crippen molar-refractivity contribution in [3.63, 3.8) is 0 Å². The van der Waals surface area contributed by atoms with E-state index in [2.05, 4.69) is 20.5 Å². The normalized spacial score (nSPS) is 17.6. The molecule has 0 aliphatic carbocycles. The molecular formula is C20H23N5O3. The zero-order chi connectivity index (χ0) is 20.1. The van der Waals surface area contributed by atoms with E-state index in [0.717, 1.165) is 6.42 Å². The van der Waals surface area contributed by atoms with Gasteiger partial charge in [-0.15, -0.1) is 10.2 Å². The fourth-order valence-corrected chi connectivity index (χ4v) is 3.46. The van der Waals surface area contributed by atoms with Crippen LogP contribution >= 0.6 is 0 Å². The summed E-state index contributed by atoms with van der Waals surface area (Å²) in [4.78, 5) is 18.5. The summed E-state index contributed by atoms with van der Waals surface area (Å²) in [6.45, 7) is 8.46. The van der Waals surface area contributed by atoms with Crippen molar-refractivity contribution < 1.29 is 14.3 Å². The predicted octanol–water partition coefficient (Wildman–Crippen LogP) is 2.79. The van der Waals surface area contributed by atoms with Gasteiger partial charge in [0.05, 0.1) is 11.7 Å². The molecule has 2 N–H and O–H groups in total. The number of nitrogens with zero attached hydrogens (tertiary/aromatic N) is 4. The van der Waals surface area contributed by atoms with Crippen molar-refractivity contribution in [3.8, 4) is 17.0 Å². The molecular weight excluding hydrogens is 358 g/mol. The molecule has 1 unspecified atom stereocenters. The lowest BCUT2D eigenvalue weighted by molar-refractivity contribution is -0.119. The molecule has 0 spiro atoms. The summed E-state index contributed by atoms with van der Waals surface area (Å²) < 4.78 is 5.53. The first-order valence-corrected chi connectivity index (χ1v) is 9.24. The Hall–Kier alpha value is -3.00. The number of aromatic nitrogens is 3. The standard InChI is InChI=1S/C20H23N5O3/c1-11-21-15-10-16(26)12(9-17(15)28-11)13-5-6-18(24-23-13)25-8-7-14(19(25)27)22-20(2,3)4/h5-6,9-10,14,22,26H,7-8H2,1-4H3. The molecule has 8 heteroatoms. The van der Waals surface area contributed by atoms with E-state index in [1.165, 1.54) is 0 Å². The van der Waals surface area contributed by atoms with Gasteiger partial charge in [0.25, 0.3) is 0 Å². The summed E-state index contributed by atoms with van der Waals surface area (Å²) in [5.74, 6) is 1.08. The fraction of sp³-hybridized carbons (Fsp3) is 0.400. The molecule has 1 saturated heterocycles. The third-order valence-electron chi connectivity index (χ3n) is 4.63. The maximum absolute atomic E-state index is 12.7. The number of aromatic hydroxyl groups is 1. The van der Waals surface area contributed by atoms with Crippen LogP contribution in [0.25, 0.3) is 22.4 Å². The summed E-state index contributed by atoms with van der Waals surface area (Å²) in [7, 11) is 0. The number of nitrogens with one attached hydrogen (secondary N) is 1. The lowest BCUT2D eigenvalue weighted by Crippen LogP contribution is -2.47. The fourth-order valence-electron chi connectivity index (χ4n) is 3.46. The minimum Gasteiger partial charge on any atom is -0.507 e. The van der Waals surface area contributed by atoms with E-state index < -0.39 is 0 Å². The molecule has 2 aromatic heterocycles. The van der Waals surface area contributed by atoms with Crippen LogP contribution < -0.4 is 10.2 Å². The zero-order valence-electron chi connectivity index (χ0n) is 16.4. The highest BCUT2D eigenvalue weighted by molar-refractivity contribution is 5.98. The van der Waals surface area contributed by atoms with Crippen molar-refractivity contribution in [3.05, 3.63) is 30.2 Å². The number of carbonyl (C=O) groups excluding carboxylic acids is 1. The van der Waals surface area contributed by atoms with Crippen molar-refractivity contribution in [2.24, 2.45) is 0 Å². The monoisotopic (exact) mass is 381 g/mol. The van der Waals surface area contributed by atoms with Crippen molar-refractivity contribution in [1.29, 1.82) is 0 Å². The molecule has 4 rings (SSSR count). The van der Waals surface area contributed by atoms with Gasteiger partial charge in [0.2, 0.25) is 5.91 Å². The molecule has 1 aromatic carbocycles. The molecule has 1 aliphatic heterocycles. The largest absolute Gasteiger partial charge is 0.507 e. The van der Waals surface area contributed by atoms with Gasteiger partial charge in [-0.1, -0.05) is 0 Å². The van der Waals surface area contributed by atoms with Gasteiger partial charge in [0.15, 0.2) is 17.3 Å². The van der Waals surface area contributed by atoms with Crippen molar-refractivity contribution >= 4 is 22.8 Å². The van der Waals surface area contributed by atoms with E-state index in [1.54, 1.807) is 36.1 Å². The van der Waals surface area contributed by atoms with Gasteiger partial charge in [-0.25, -0.2) is 4.98 Å². The second-order valence-electron chi connectivity index (χ2n) is 8.07. The van der Waals surface area contributed by atoms with Crippen molar-refractivity contribution in [2.75, 3.05) is 11.4 Å². The number of carbonyl (C=O) groups is 1. The Bertz CT molecular complexity index is 1040. The second-order valence-corrected chi connectivity index (χ2v) is 8.07. The summed E-state index contributed by atoms with van der Waals surface area (Å²) in [6, 6.07) is 6.50. The molecule has 1 amide bonds. The van der Waals surface area contributed by atoms with Crippen LogP contribution in [0.4, 0.5) is 5.82 Å².